The van der Waals surface area contributed by atoms with Gasteiger partial charge < -0.3 is 10.1 Å². The van der Waals surface area contributed by atoms with Crippen LogP contribution in [0.1, 0.15) is 5.56 Å². The van der Waals surface area contributed by atoms with Crippen LogP contribution < -0.4 is 15.7 Å². The number of benzene rings is 2. The quantitative estimate of drug-likeness (QED) is 0.784. The summed E-state index contributed by atoms with van der Waals surface area (Å²) in [5, 5.41) is 2.88. The van der Waals surface area contributed by atoms with Crippen molar-refractivity contribution < 1.29 is 9.53 Å². The number of aryl methyl sites for hydroxylation is 1. The van der Waals surface area contributed by atoms with E-state index in [4.69, 9.17) is 4.74 Å². The van der Waals surface area contributed by atoms with Crippen molar-refractivity contribution in [2.24, 2.45) is 7.05 Å². The zero-order valence-corrected chi connectivity index (χ0v) is 13.9. The molecule has 128 valence electrons. The molecule has 0 saturated heterocycles. The van der Waals surface area contributed by atoms with Gasteiger partial charge in [-0.05, 0) is 23.8 Å². The molecule has 4 rings (SSSR count). The average molecular weight is 337 g/mol. The first-order valence-electron chi connectivity index (χ1n) is 8.29. The minimum atomic E-state index is -0.196. The van der Waals surface area contributed by atoms with Crippen LogP contribution in [0.15, 0.2) is 53.3 Å². The monoisotopic (exact) mass is 337 g/mol. The molecule has 1 aliphatic rings. The summed E-state index contributed by atoms with van der Waals surface area (Å²) in [5.41, 5.74) is 2.54. The number of aromatic nitrogens is 2. The molecule has 1 aromatic heterocycles. The number of hydrogen-bond acceptors (Lipinski definition) is 3. The van der Waals surface area contributed by atoms with Crippen LogP contribution in [0.25, 0.3) is 11.0 Å². The molecule has 2 aromatic carbocycles. The topological polar surface area (TPSA) is 65.3 Å². The first-order valence-corrected chi connectivity index (χ1v) is 8.29. The van der Waals surface area contributed by atoms with Crippen molar-refractivity contribution >= 4 is 16.9 Å². The maximum absolute atomic E-state index is 12.4. The van der Waals surface area contributed by atoms with Gasteiger partial charge in [-0.15, -0.1) is 0 Å². The summed E-state index contributed by atoms with van der Waals surface area (Å²) in [6.07, 6.45) is 0.718. The third-order valence-electron chi connectivity index (χ3n) is 4.59. The number of hydrogen-bond donors (Lipinski definition) is 1. The van der Waals surface area contributed by atoms with Gasteiger partial charge in [0, 0.05) is 13.5 Å². The molecule has 0 fully saturated rings. The molecule has 3 aromatic rings. The summed E-state index contributed by atoms with van der Waals surface area (Å²) < 4.78 is 8.87. The summed E-state index contributed by atoms with van der Waals surface area (Å²) in [6.45, 7) is 0.423. The first kappa shape index (κ1) is 15.5. The molecule has 6 heteroatoms. The van der Waals surface area contributed by atoms with E-state index in [-0.39, 0.29) is 24.2 Å². The Hall–Kier alpha value is -3.02. The van der Waals surface area contributed by atoms with Crippen molar-refractivity contribution in [2.75, 3.05) is 6.54 Å². The number of imidazole rings is 1. The highest BCUT2D eigenvalue weighted by Gasteiger charge is 2.23. The Morgan fingerprint density at radius 1 is 1.16 bits per heavy atom. The van der Waals surface area contributed by atoms with Crippen LogP contribution >= 0.6 is 0 Å². The molecule has 0 aliphatic carbocycles. The summed E-state index contributed by atoms with van der Waals surface area (Å²) in [5.74, 6) is 0.685. The zero-order valence-electron chi connectivity index (χ0n) is 13.9. The molecular weight excluding hydrogens is 318 g/mol. The van der Waals surface area contributed by atoms with Gasteiger partial charge in [0.2, 0.25) is 5.91 Å². The van der Waals surface area contributed by atoms with Crippen molar-refractivity contribution in [3.8, 4) is 5.75 Å². The fourth-order valence-electron chi connectivity index (χ4n) is 3.31. The third-order valence-corrected chi connectivity index (χ3v) is 4.59. The lowest BCUT2D eigenvalue weighted by atomic mass is 10.1. The number of carbonyl (C=O) groups excluding carboxylic acids is 1. The van der Waals surface area contributed by atoms with Gasteiger partial charge in [0.05, 0.1) is 17.6 Å². The summed E-state index contributed by atoms with van der Waals surface area (Å²) >= 11 is 0. The van der Waals surface area contributed by atoms with Crippen LogP contribution in [0, 0.1) is 0 Å². The molecule has 0 unspecified atom stereocenters. The minimum absolute atomic E-state index is 0.000144. The highest BCUT2D eigenvalue weighted by molar-refractivity contribution is 5.80. The zero-order chi connectivity index (χ0) is 17.4. The fraction of sp³-hybridized carbons (Fsp3) is 0.263. The van der Waals surface area contributed by atoms with E-state index < -0.39 is 0 Å². The summed E-state index contributed by atoms with van der Waals surface area (Å²) in [4.78, 5) is 24.7. The molecule has 0 saturated carbocycles. The molecule has 1 aliphatic heterocycles. The average Bonchev–Trinajstić information content (AvgIpc) is 3.15. The van der Waals surface area contributed by atoms with Crippen LogP contribution in [0.4, 0.5) is 0 Å². The Morgan fingerprint density at radius 3 is 2.68 bits per heavy atom. The van der Waals surface area contributed by atoms with Crippen molar-refractivity contribution in [1.29, 1.82) is 0 Å². The van der Waals surface area contributed by atoms with Gasteiger partial charge >= 0.3 is 5.69 Å². The highest BCUT2D eigenvalue weighted by atomic mass is 16.5. The Balaban J connectivity index is 1.42. The lowest BCUT2D eigenvalue weighted by molar-refractivity contribution is -0.122. The van der Waals surface area contributed by atoms with E-state index in [0.717, 1.165) is 28.8 Å². The van der Waals surface area contributed by atoms with E-state index in [0.29, 0.717) is 6.54 Å². The van der Waals surface area contributed by atoms with Crippen molar-refractivity contribution in [2.45, 2.75) is 19.1 Å². The molecular formula is C19H19N3O3. The summed E-state index contributed by atoms with van der Waals surface area (Å²) in [7, 11) is 1.71. The molecule has 1 amide bonds. The van der Waals surface area contributed by atoms with Crippen molar-refractivity contribution in [1.82, 2.24) is 14.5 Å². The smallest absolute Gasteiger partial charge is 0.329 e. The third kappa shape index (κ3) is 2.80. The molecule has 2 heterocycles. The van der Waals surface area contributed by atoms with E-state index in [1.807, 2.05) is 48.5 Å². The van der Waals surface area contributed by atoms with Gasteiger partial charge in [-0.1, -0.05) is 30.3 Å². The van der Waals surface area contributed by atoms with Gasteiger partial charge in [0.25, 0.3) is 0 Å². The second kappa shape index (κ2) is 6.12. The molecule has 0 radical (unpaired) electrons. The van der Waals surface area contributed by atoms with Crippen molar-refractivity contribution in [3.05, 3.63) is 64.6 Å². The molecule has 1 N–H and O–H groups in total. The van der Waals surface area contributed by atoms with Gasteiger partial charge in [-0.25, -0.2) is 4.79 Å². The molecule has 0 bridgehead atoms. The van der Waals surface area contributed by atoms with Crippen LogP contribution in [0.3, 0.4) is 0 Å². The van der Waals surface area contributed by atoms with Gasteiger partial charge in [-0.3, -0.25) is 13.9 Å². The number of nitrogens with zero attached hydrogens (tertiary/aromatic N) is 2. The SMILES string of the molecule is Cn1c(=O)n(CC(=O)NC[C@@H]2Cc3ccccc3O2)c2ccccc21. The Labute approximate surface area is 144 Å². The van der Waals surface area contributed by atoms with Crippen LogP contribution in [0.2, 0.25) is 0 Å². The largest absolute Gasteiger partial charge is 0.488 e. The van der Waals surface area contributed by atoms with Gasteiger partial charge in [0.15, 0.2) is 0 Å². The van der Waals surface area contributed by atoms with Crippen molar-refractivity contribution in [3.63, 3.8) is 0 Å². The Kier molecular flexibility index (Phi) is 3.80. The number of ether oxygens (including phenoxy) is 1. The number of rotatable bonds is 4. The van der Waals surface area contributed by atoms with E-state index >= 15 is 0 Å². The van der Waals surface area contributed by atoms with E-state index in [9.17, 15) is 9.59 Å². The highest BCUT2D eigenvalue weighted by Crippen LogP contribution is 2.27. The fourth-order valence-corrected chi connectivity index (χ4v) is 3.31. The maximum atomic E-state index is 12.4. The molecule has 25 heavy (non-hydrogen) atoms. The van der Waals surface area contributed by atoms with Gasteiger partial charge in [0.1, 0.15) is 18.4 Å². The van der Waals surface area contributed by atoms with Gasteiger partial charge in [-0.2, -0.15) is 0 Å². The predicted molar refractivity (Wildman–Crippen MR) is 94.8 cm³/mol. The number of carbonyl (C=O) groups is 1. The first-order chi connectivity index (χ1) is 12.1. The normalized spacial score (nSPS) is 15.8. The second-order valence-corrected chi connectivity index (χ2v) is 6.27. The summed E-state index contributed by atoms with van der Waals surface area (Å²) in [6, 6.07) is 15.3. The standard InChI is InChI=1S/C19H19N3O3/c1-21-15-7-3-4-8-16(15)22(19(21)24)12-18(23)20-11-14-10-13-6-2-5-9-17(13)25-14/h2-9,14H,10-12H2,1H3,(H,20,23)/t14-/m0/s1. The second-order valence-electron chi connectivity index (χ2n) is 6.27. The molecule has 6 nitrogen and oxygen atoms in total. The molecule has 1 atom stereocenters. The number of amides is 1. The van der Waals surface area contributed by atoms with E-state index in [1.165, 1.54) is 4.57 Å². The Bertz CT molecular complexity index is 978. The van der Waals surface area contributed by atoms with E-state index in [2.05, 4.69) is 5.32 Å². The van der Waals surface area contributed by atoms with Crippen LogP contribution in [-0.2, 0) is 24.8 Å². The number of para-hydroxylation sites is 3. The maximum Gasteiger partial charge on any atom is 0.329 e. The predicted octanol–water partition coefficient (Wildman–Crippen LogP) is 1.46. The lowest BCUT2D eigenvalue weighted by Crippen LogP contribution is -2.38. The number of nitrogens with one attached hydrogen (secondary N) is 1. The van der Waals surface area contributed by atoms with E-state index in [1.54, 1.807) is 11.6 Å². The minimum Gasteiger partial charge on any atom is -0.488 e. The molecule has 0 spiro atoms. The Morgan fingerprint density at radius 2 is 1.88 bits per heavy atom. The number of fused-ring (bicyclic) bond motifs is 2. The van der Waals surface area contributed by atoms with Crippen LogP contribution in [0.5, 0.6) is 5.75 Å². The lowest BCUT2D eigenvalue weighted by Gasteiger charge is -2.12. The van der Waals surface area contributed by atoms with Crippen LogP contribution in [-0.4, -0.2) is 27.7 Å².